The summed E-state index contributed by atoms with van der Waals surface area (Å²) in [7, 11) is 0. The molecular formula is C15H23N3O2S. The second-order valence-corrected chi connectivity index (χ2v) is 7.50. The van der Waals surface area contributed by atoms with Crippen LogP contribution in [0.3, 0.4) is 0 Å². The van der Waals surface area contributed by atoms with Crippen LogP contribution in [-0.4, -0.2) is 47.5 Å². The van der Waals surface area contributed by atoms with Gasteiger partial charge in [0, 0.05) is 30.1 Å². The number of hydrazine groups is 1. The van der Waals surface area contributed by atoms with E-state index < -0.39 is 0 Å². The number of nitrogens with one attached hydrogen (secondary N) is 1. The molecule has 0 radical (unpaired) electrons. The molecule has 0 atom stereocenters. The average Bonchev–Trinajstić information content (AvgIpc) is 2.46. The van der Waals surface area contributed by atoms with Crippen molar-refractivity contribution in [2.45, 2.75) is 18.6 Å². The molecule has 21 heavy (non-hydrogen) atoms. The zero-order valence-corrected chi connectivity index (χ0v) is 13.4. The molecule has 1 saturated heterocycles. The van der Waals surface area contributed by atoms with Gasteiger partial charge in [-0.3, -0.25) is 15.1 Å². The van der Waals surface area contributed by atoms with Gasteiger partial charge in [-0.05, 0) is 26.0 Å². The third-order valence-corrected chi connectivity index (χ3v) is 4.73. The van der Waals surface area contributed by atoms with Gasteiger partial charge < -0.3 is 4.74 Å². The van der Waals surface area contributed by atoms with E-state index in [1.54, 1.807) is 18.2 Å². The lowest BCUT2D eigenvalue weighted by Gasteiger charge is -2.37. The number of para-hydroxylation sites is 1. The number of thioether (sulfide) groups is 1. The topological polar surface area (TPSA) is 67.6 Å². The molecule has 1 amide bonds. The average molecular weight is 309 g/mol. The Morgan fingerprint density at radius 2 is 2.24 bits per heavy atom. The molecule has 1 heterocycles. The predicted octanol–water partition coefficient (Wildman–Crippen LogP) is 1.50. The van der Waals surface area contributed by atoms with Crippen molar-refractivity contribution in [2.24, 2.45) is 5.84 Å². The van der Waals surface area contributed by atoms with Crippen molar-refractivity contribution in [3.05, 3.63) is 29.8 Å². The molecule has 0 bridgehead atoms. The monoisotopic (exact) mass is 309 g/mol. The number of carbonyl (C=O) groups is 1. The fourth-order valence-corrected chi connectivity index (χ4v) is 3.62. The highest BCUT2D eigenvalue weighted by Gasteiger charge is 2.26. The van der Waals surface area contributed by atoms with E-state index in [0.29, 0.717) is 22.7 Å². The van der Waals surface area contributed by atoms with Crippen molar-refractivity contribution in [2.75, 3.05) is 32.0 Å². The van der Waals surface area contributed by atoms with Crippen LogP contribution < -0.4 is 16.0 Å². The maximum absolute atomic E-state index is 11.7. The number of nitrogens with zero attached hydrogens (tertiary/aromatic N) is 1. The molecule has 1 aromatic carbocycles. The highest BCUT2D eigenvalue weighted by atomic mass is 32.2. The molecule has 0 spiro atoms. The lowest BCUT2D eigenvalue weighted by molar-refractivity contribution is 0.0948. The van der Waals surface area contributed by atoms with Crippen LogP contribution in [0.25, 0.3) is 0 Å². The number of rotatable bonds is 5. The Balaban J connectivity index is 1.88. The Morgan fingerprint density at radius 1 is 1.48 bits per heavy atom. The van der Waals surface area contributed by atoms with Gasteiger partial charge in [-0.2, -0.15) is 11.8 Å². The van der Waals surface area contributed by atoms with Crippen LogP contribution in [0.1, 0.15) is 24.2 Å². The SMILES string of the molecule is CC1(C)CN(CCOc2ccccc2C(=O)NN)CCS1. The molecule has 116 valence electrons. The van der Waals surface area contributed by atoms with Crippen LogP contribution in [0.4, 0.5) is 0 Å². The molecule has 5 nitrogen and oxygen atoms in total. The molecule has 6 heteroatoms. The van der Waals surface area contributed by atoms with E-state index in [-0.39, 0.29) is 5.91 Å². The van der Waals surface area contributed by atoms with E-state index in [0.717, 1.165) is 25.4 Å². The van der Waals surface area contributed by atoms with Crippen molar-refractivity contribution < 1.29 is 9.53 Å². The maximum atomic E-state index is 11.7. The van der Waals surface area contributed by atoms with Crippen molar-refractivity contribution in [3.8, 4) is 5.75 Å². The number of hydrogen-bond acceptors (Lipinski definition) is 5. The van der Waals surface area contributed by atoms with Gasteiger partial charge in [-0.15, -0.1) is 0 Å². The molecule has 1 aliphatic heterocycles. The van der Waals surface area contributed by atoms with Crippen molar-refractivity contribution >= 4 is 17.7 Å². The standard InChI is InChI=1S/C15H23N3O2S/c1-15(2)11-18(8-10-21-15)7-9-20-13-6-4-3-5-12(13)14(19)17-16/h3-6H,7-11,16H2,1-2H3,(H,17,19). The van der Waals surface area contributed by atoms with Gasteiger partial charge in [0.1, 0.15) is 12.4 Å². The number of nitrogens with two attached hydrogens (primary N) is 1. The molecule has 1 aromatic rings. The van der Waals surface area contributed by atoms with E-state index in [1.807, 2.05) is 17.8 Å². The summed E-state index contributed by atoms with van der Waals surface area (Å²) in [5.41, 5.74) is 2.61. The first-order valence-corrected chi connectivity index (χ1v) is 8.09. The summed E-state index contributed by atoms with van der Waals surface area (Å²) in [5.74, 6) is 6.58. The first kappa shape index (κ1) is 16.1. The summed E-state index contributed by atoms with van der Waals surface area (Å²) >= 11 is 2.01. The number of hydrogen-bond donors (Lipinski definition) is 2. The van der Waals surface area contributed by atoms with Crippen molar-refractivity contribution in [3.63, 3.8) is 0 Å². The summed E-state index contributed by atoms with van der Waals surface area (Å²) in [5, 5.41) is 0. The number of amides is 1. The van der Waals surface area contributed by atoms with Gasteiger partial charge in [0.2, 0.25) is 0 Å². The molecule has 0 saturated carbocycles. The summed E-state index contributed by atoms with van der Waals surface area (Å²) < 4.78 is 6.07. The normalized spacial score (nSPS) is 18.2. The predicted molar refractivity (Wildman–Crippen MR) is 86.6 cm³/mol. The molecule has 0 aliphatic carbocycles. The van der Waals surface area contributed by atoms with Crippen molar-refractivity contribution in [1.82, 2.24) is 10.3 Å². The van der Waals surface area contributed by atoms with Gasteiger partial charge in [0.15, 0.2) is 0 Å². The molecule has 2 rings (SSSR count). The second kappa shape index (κ2) is 7.15. The third-order valence-electron chi connectivity index (χ3n) is 3.43. The summed E-state index contributed by atoms with van der Waals surface area (Å²) in [6.45, 7) is 8.11. The van der Waals surface area contributed by atoms with Crippen LogP contribution >= 0.6 is 11.8 Å². The van der Waals surface area contributed by atoms with E-state index in [4.69, 9.17) is 10.6 Å². The van der Waals surface area contributed by atoms with Gasteiger partial charge in [-0.1, -0.05) is 12.1 Å². The molecule has 3 N–H and O–H groups in total. The molecule has 0 unspecified atom stereocenters. The summed E-state index contributed by atoms with van der Waals surface area (Å²) in [4.78, 5) is 14.1. The van der Waals surface area contributed by atoms with E-state index >= 15 is 0 Å². The fourth-order valence-electron chi connectivity index (χ4n) is 2.45. The van der Waals surface area contributed by atoms with E-state index in [1.165, 1.54) is 0 Å². The lowest BCUT2D eigenvalue weighted by Crippen LogP contribution is -2.44. The smallest absolute Gasteiger partial charge is 0.268 e. The van der Waals surface area contributed by atoms with Crippen LogP contribution in [0.15, 0.2) is 24.3 Å². The Labute approximate surface area is 130 Å². The van der Waals surface area contributed by atoms with E-state index in [2.05, 4.69) is 24.2 Å². The maximum Gasteiger partial charge on any atom is 0.268 e. The largest absolute Gasteiger partial charge is 0.491 e. The molecule has 0 aromatic heterocycles. The minimum Gasteiger partial charge on any atom is -0.491 e. The zero-order valence-electron chi connectivity index (χ0n) is 12.6. The number of benzene rings is 1. The van der Waals surface area contributed by atoms with Crippen LogP contribution in [-0.2, 0) is 0 Å². The summed E-state index contributed by atoms with van der Waals surface area (Å²) in [6, 6.07) is 7.14. The van der Waals surface area contributed by atoms with Gasteiger partial charge in [0.25, 0.3) is 5.91 Å². The quantitative estimate of drug-likeness (QED) is 0.490. The zero-order chi connectivity index (χ0) is 15.3. The lowest BCUT2D eigenvalue weighted by atomic mass is 10.2. The Kier molecular flexibility index (Phi) is 5.50. The Hall–Kier alpha value is -1.24. The highest BCUT2D eigenvalue weighted by molar-refractivity contribution is 8.00. The minimum absolute atomic E-state index is 0.301. The number of carbonyl (C=O) groups excluding carboxylic acids is 1. The van der Waals surface area contributed by atoms with Gasteiger partial charge in [-0.25, -0.2) is 5.84 Å². The first-order valence-electron chi connectivity index (χ1n) is 7.11. The van der Waals surface area contributed by atoms with Crippen LogP contribution in [0, 0.1) is 0 Å². The van der Waals surface area contributed by atoms with Crippen LogP contribution in [0.5, 0.6) is 5.75 Å². The van der Waals surface area contributed by atoms with Crippen molar-refractivity contribution in [1.29, 1.82) is 0 Å². The summed E-state index contributed by atoms with van der Waals surface area (Å²) in [6.07, 6.45) is 0. The Morgan fingerprint density at radius 3 is 2.95 bits per heavy atom. The molecule has 1 aliphatic rings. The third kappa shape index (κ3) is 4.62. The van der Waals surface area contributed by atoms with E-state index in [9.17, 15) is 4.79 Å². The number of nitrogen functional groups attached to an aromatic ring is 1. The first-order chi connectivity index (χ1) is 10.0. The highest BCUT2D eigenvalue weighted by Crippen LogP contribution is 2.29. The van der Waals surface area contributed by atoms with Gasteiger partial charge >= 0.3 is 0 Å². The minimum atomic E-state index is -0.332. The number of ether oxygens (including phenoxy) is 1. The fraction of sp³-hybridized carbons (Fsp3) is 0.533. The second-order valence-electron chi connectivity index (χ2n) is 5.70. The molecular weight excluding hydrogens is 286 g/mol. The van der Waals surface area contributed by atoms with Crippen LogP contribution in [0.2, 0.25) is 0 Å². The Bertz CT molecular complexity index is 494. The van der Waals surface area contributed by atoms with Gasteiger partial charge in [0.05, 0.1) is 5.56 Å². The molecule has 1 fully saturated rings.